The number of nitrogens with two attached hydrogens (primary N) is 1. The van der Waals surface area contributed by atoms with Crippen LogP contribution in [0.5, 0.6) is 0 Å². The van der Waals surface area contributed by atoms with Gasteiger partial charge >= 0.3 is 0 Å². The van der Waals surface area contributed by atoms with Gasteiger partial charge in [0.05, 0.1) is 0 Å². The number of rotatable bonds is 4. The van der Waals surface area contributed by atoms with Gasteiger partial charge in [0, 0.05) is 25.6 Å². The van der Waals surface area contributed by atoms with E-state index >= 15 is 0 Å². The molecule has 1 aliphatic heterocycles. The molecule has 3 nitrogen and oxygen atoms in total. The van der Waals surface area contributed by atoms with Crippen molar-refractivity contribution in [1.82, 2.24) is 4.90 Å². The van der Waals surface area contributed by atoms with E-state index in [4.69, 9.17) is 5.73 Å². The van der Waals surface area contributed by atoms with Crippen molar-refractivity contribution in [2.75, 3.05) is 13.1 Å². The second-order valence-electron chi connectivity index (χ2n) is 4.96. The molecule has 1 amide bonds. The first-order chi connectivity index (χ1) is 8.81. The molecule has 1 aliphatic rings. The molecule has 1 atom stereocenters. The van der Waals surface area contributed by atoms with Gasteiger partial charge in [-0.05, 0) is 31.2 Å². The van der Waals surface area contributed by atoms with E-state index < -0.39 is 0 Å². The van der Waals surface area contributed by atoms with E-state index in [1.165, 1.54) is 12.0 Å². The summed E-state index contributed by atoms with van der Waals surface area (Å²) in [6.07, 6.45) is 4.81. The third-order valence-electron chi connectivity index (χ3n) is 3.69. The smallest absolute Gasteiger partial charge is 0.223 e. The topological polar surface area (TPSA) is 46.3 Å². The Bertz CT molecular complexity index is 383. The standard InChI is InChI=1S/C15H22N2O.ClH/c16-12-14-8-4-5-11-17(14)15(18)10-9-13-6-2-1-3-7-13;/h1-3,6-7,14H,4-5,8-12,16H2;1H. The van der Waals surface area contributed by atoms with E-state index in [0.717, 1.165) is 25.8 Å². The molecule has 2 rings (SSSR count). The molecule has 1 saturated heterocycles. The van der Waals surface area contributed by atoms with Crippen LogP contribution in [0.25, 0.3) is 0 Å². The molecule has 19 heavy (non-hydrogen) atoms. The molecule has 0 spiro atoms. The molecule has 1 aromatic rings. The summed E-state index contributed by atoms with van der Waals surface area (Å²) in [4.78, 5) is 14.2. The predicted octanol–water partition coefficient (Wildman–Crippen LogP) is 2.38. The van der Waals surface area contributed by atoms with Crippen molar-refractivity contribution < 1.29 is 4.79 Å². The Hall–Kier alpha value is -1.06. The molecule has 0 aliphatic carbocycles. The fraction of sp³-hybridized carbons (Fsp3) is 0.533. The van der Waals surface area contributed by atoms with Gasteiger partial charge in [-0.2, -0.15) is 0 Å². The van der Waals surface area contributed by atoms with Crippen LogP contribution in [0.15, 0.2) is 30.3 Å². The summed E-state index contributed by atoms with van der Waals surface area (Å²) < 4.78 is 0. The molecular formula is C15H23ClN2O. The molecule has 0 radical (unpaired) electrons. The van der Waals surface area contributed by atoms with E-state index in [1.807, 2.05) is 23.1 Å². The fourth-order valence-corrected chi connectivity index (χ4v) is 2.61. The number of benzene rings is 1. The first-order valence-electron chi connectivity index (χ1n) is 6.84. The van der Waals surface area contributed by atoms with E-state index in [2.05, 4.69) is 12.1 Å². The van der Waals surface area contributed by atoms with Crippen molar-refractivity contribution in [1.29, 1.82) is 0 Å². The van der Waals surface area contributed by atoms with Gasteiger partial charge in [-0.25, -0.2) is 0 Å². The number of carbonyl (C=O) groups excluding carboxylic acids is 1. The third kappa shape index (κ3) is 4.51. The fourth-order valence-electron chi connectivity index (χ4n) is 2.61. The first kappa shape index (κ1) is 16.0. The molecule has 0 saturated carbocycles. The lowest BCUT2D eigenvalue weighted by Crippen LogP contribution is -2.47. The number of hydrogen-bond acceptors (Lipinski definition) is 2. The van der Waals surface area contributed by atoms with Crippen LogP contribution in [-0.2, 0) is 11.2 Å². The van der Waals surface area contributed by atoms with Gasteiger partial charge < -0.3 is 10.6 Å². The molecule has 106 valence electrons. The van der Waals surface area contributed by atoms with E-state index in [0.29, 0.717) is 13.0 Å². The van der Waals surface area contributed by atoms with Crippen LogP contribution in [-0.4, -0.2) is 29.9 Å². The van der Waals surface area contributed by atoms with Crippen molar-refractivity contribution in [3.63, 3.8) is 0 Å². The predicted molar refractivity (Wildman–Crippen MR) is 80.4 cm³/mol. The maximum absolute atomic E-state index is 12.2. The number of piperidine rings is 1. The van der Waals surface area contributed by atoms with E-state index in [9.17, 15) is 4.79 Å². The molecular weight excluding hydrogens is 260 g/mol. The summed E-state index contributed by atoms with van der Waals surface area (Å²) in [5, 5.41) is 0. The maximum Gasteiger partial charge on any atom is 0.223 e. The van der Waals surface area contributed by atoms with Gasteiger partial charge in [-0.1, -0.05) is 30.3 Å². The lowest BCUT2D eigenvalue weighted by atomic mass is 10.0. The second kappa shape index (κ2) is 8.18. The van der Waals surface area contributed by atoms with E-state index in [-0.39, 0.29) is 24.4 Å². The number of likely N-dealkylation sites (tertiary alicyclic amines) is 1. The molecule has 0 bridgehead atoms. The molecule has 4 heteroatoms. The van der Waals surface area contributed by atoms with Crippen molar-refractivity contribution in [2.24, 2.45) is 5.73 Å². The summed E-state index contributed by atoms with van der Waals surface area (Å²) in [5.41, 5.74) is 6.97. The highest BCUT2D eigenvalue weighted by Crippen LogP contribution is 2.17. The Morgan fingerprint density at radius 3 is 2.68 bits per heavy atom. The number of nitrogens with zero attached hydrogens (tertiary/aromatic N) is 1. The number of halogens is 1. The number of carbonyl (C=O) groups is 1. The minimum Gasteiger partial charge on any atom is -0.338 e. The average Bonchev–Trinajstić information content (AvgIpc) is 2.45. The second-order valence-corrected chi connectivity index (χ2v) is 4.96. The molecule has 2 N–H and O–H groups in total. The molecule has 1 unspecified atom stereocenters. The minimum absolute atomic E-state index is 0. The van der Waals surface area contributed by atoms with Crippen molar-refractivity contribution in [3.8, 4) is 0 Å². The molecule has 1 aromatic carbocycles. The Balaban J connectivity index is 0.00000180. The van der Waals surface area contributed by atoms with Gasteiger partial charge in [-0.3, -0.25) is 4.79 Å². The maximum atomic E-state index is 12.2. The lowest BCUT2D eigenvalue weighted by molar-refractivity contribution is -0.134. The van der Waals surface area contributed by atoms with Gasteiger partial charge in [0.2, 0.25) is 5.91 Å². The molecule has 1 heterocycles. The van der Waals surface area contributed by atoms with E-state index in [1.54, 1.807) is 0 Å². The summed E-state index contributed by atoms with van der Waals surface area (Å²) >= 11 is 0. The highest BCUT2D eigenvalue weighted by Gasteiger charge is 2.24. The van der Waals surface area contributed by atoms with Gasteiger partial charge in [0.25, 0.3) is 0 Å². The summed E-state index contributed by atoms with van der Waals surface area (Å²) in [6, 6.07) is 10.4. The summed E-state index contributed by atoms with van der Waals surface area (Å²) in [7, 11) is 0. The van der Waals surface area contributed by atoms with Crippen molar-refractivity contribution in [2.45, 2.75) is 38.1 Å². The van der Waals surface area contributed by atoms with Crippen molar-refractivity contribution in [3.05, 3.63) is 35.9 Å². The highest BCUT2D eigenvalue weighted by molar-refractivity contribution is 5.85. The first-order valence-corrected chi connectivity index (χ1v) is 6.84. The highest BCUT2D eigenvalue weighted by atomic mass is 35.5. The van der Waals surface area contributed by atoms with Crippen LogP contribution in [0.4, 0.5) is 0 Å². The molecule has 1 fully saturated rings. The third-order valence-corrected chi connectivity index (χ3v) is 3.69. The quantitative estimate of drug-likeness (QED) is 0.922. The van der Waals surface area contributed by atoms with Crippen LogP contribution >= 0.6 is 12.4 Å². The van der Waals surface area contributed by atoms with Crippen LogP contribution in [0.3, 0.4) is 0 Å². The van der Waals surface area contributed by atoms with Gasteiger partial charge in [0.15, 0.2) is 0 Å². The van der Waals surface area contributed by atoms with Gasteiger partial charge in [0.1, 0.15) is 0 Å². The Kier molecular flexibility index (Phi) is 6.89. The monoisotopic (exact) mass is 282 g/mol. The summed E-state index contributed by atoms with van der Waals surface area (Å²) in [5.74, 6) is 0.258. The Morgan fingerprint density at radius 1 is 1.26 bits per heavy atom. The zero-order chi connectivity index (χ0) is 12.8. The number of aryl methyl sites for hydroxylation is 1. The normalized spacial score (nSPS) is 18.8. The average molecular weight is 283 g/mol. The number of hydrogen-bond donors (Lipinski definition) is 1. The Labute approximate surface area is 121 Å². The minimum atomic E-state index is 0. The summed E-state index contributed by atoms with van der Waals surface area (Å²) in [6.45, 7) is 1.48. The zero-order valence-electron chi connectivity index (χ0n) is 11.3. The molecule has 0 aromatic heterocycles. The zero-order valence-corrected chi connectivity index (χ0v) is 12.1. The van der Waals surface area contributed by atoms with Crippen molar-refractivity contribution >= 4 is 18.3 Å². The van der Waals surface area contributed by atoms with Crippen LogP contribution in [0.1, 0.15) is 31.2 Å². The number of amides is 1. The van der Waals surface area contributed by atoms with Crippen LogP contribution in [0, 0.1) is 0 Å². The van der Waals surface area contributed by atoms with Gasteiger partial charge in [-0.15, -0.1) is 12.4 Å². The lowest BCUT2D eigenvalue weighted by Gasteiger charge is -2.35. The largest absolute Gasteiger partial charge is 0.338 e. The SMILES string of the molecule is Cl.NCC1CCCCN1C(=O)CCc1ccccc1. The van der Waals surface area contributed by atoms with Crippen LogP contribution in [0.2, 0.25) is 0 Å². The Morgan fingerprint density at radius 2 is 2.00 bits per heavy atom. The van der Waals surface area contributed by atoms with Crippen LogP contribution < -0.4 is 5.73 Å².